The van der Waals surface area contributed by atoms with Crippen LogP contribution >= 0.6 is 0 Å². The van der Waals surface area contributed by atoms with E-state index in [2.05, 4.69) is 13.8 Å². The van der Waals surface area contributed by atoms with E-state index >= 15 is 0 Å². The number of carbonyl (C=O) groups is 1. The van der Waals surface area contributed by atoms with Crippen LogP contribution in [-0.2, 0) is 0 Å². The molecule has 98 valence electrons. The molecule has 0 heterocycles. The molecule has 1 fully saturated rings. The Balaban J connectivity index is 2.04. The van der Waals surface area contributed by atoms with Gasteiger partial charge in [0.15, 0.2) is 0 Å². The highest BCUT2D eigenvalue weighted by Gasteiger charge is 2.25. The van der Waals surface area contributed by atoms with Gasteiger partial charge in [0.05, 0.1) is 11.7 Å². The molecule has 1 aromatic rings. The van der Waals surface area contributed by atoms with Gasteiger partial charge in [0, 0.05) is 0 Å². The molecule has 2 rings (SSSR count). The summed E-state index contributed by atoms with van der Waals surface area (Å²) in [4.78, 5) is 10.9. The van der Waals surface area contributed by atoms with E-state index in [1.54, 1.807) is 18.2 Å². The summed E-state index contributed by atoms with van der Waals surface area (Å²) in [6.07, 6.45) is 3.59. The third kappa shape index (κ3) is 3.25. The molecule has 1 aromatic carbocycles. The number of ether oxygens (including phenoxy) is 1. The topological polar surface area (TPSA) is 46.5 Å². The Labute approximate surface area is 108 Å². The van der Waals surface area contributed by atoms with Crippen LogP contribution in [0.15, 0.2) is 24.3 Å². The monoisotopic (exact) mass is 248 g/mol. The second kappa shape index (κ2) is 5.42. The summed E-state index contributed by atoms with van der Waals surface area (Å²) in [5, 5.41) is 8.94. The molecule has 1 aliphatic rings. The summed E-state index contributed by atoms with van der Waals surface area (Å²) in [6, 6.07) is 6.75. The second-order valence-corrected chi connectivity index (χ2v) is 5.49. The van der Waals surface area contributed by atoms with Crippen LogP contribution in [0.5, 0.6) is 5.75 Å². The zero-order valence-corrected chi connectivity index (χ0v) is 10.9. The maximum absolute atomic E-state index is 10.9. The Bertz CT molecular complexity index is 418. The first kappa shape index (κ1) is 12.9. The number of aromatic carboxylic acids is 1. The van der Waals surface area contributed by atoms with Gasteiger partial charge in [-0.05, 0) is 49.3 Å². The predicted octanol–water partition coefficient (Wildman–Crippen LogP) is 3.59. The maximum Gasteiger partial charge on any atom is 0.335 e. The van der Waals surface area contributed by atoms with Crippen LogP contribution in [0.25, 0.3) is 0 Å². The smallest absolute Gasteiger partial charge is 0.335 e. The fraction of sp³-hybridized carbons (Fsp3) is 0.533. The number of hydrogen-bond donors (Lipinski definition) is 1. The number of rotatable bonds is 3. The first-order valence-electron chi connectivity index (χ1n) is 6.54. The summed E-state index contributed by atoms with van der Waals surface area (Å²) in [5.41, 5.74) is 0.282. The Morgan fingerprint density at radius 1 is 1.22 bits per heavy atom. The highest BCUT2D eigenvalue weighted by Crippen LogP contribution is 2.31. The Morgan fingerprint density at radius 2 is 1.89 bits per heavy atom. The number of carboxylic acids is 1. The molecule has 3 nitrogen and oxygen atoms in total. The van der Waals surface area contributed by atoms with Crippen molar-refractivity contribution in [3.63, 3.8) is 0 Å². The van der Waals surface area contributed by atoms with Crippen molar-refractivity contribution in [3.8, 4) is 5.75 Å². The molecule has 0 radical (unpaired) electrons. The van der Waals surface area contributed by atoms with E-state index in [0.29, 0.717) is 17.6 Å². The van der Waals surface area contributed by atoms with Crippen LogP contribution in [-0.4, -0.2) is 17.2 Å². The number of benzene rings is 1. The summed E-state index contributed by atoms with van der Waals surface area (Å²) in [6.45, 7) is 4.50. The third-order valence-electron chi connectivity index (χ3n) is 3.52. The normalized spacial score (nSPS) is 27.8. The van der Waals surface area contributed by atoms with Gasteiger partial charge in [0.2, 0.25) is 0 Å². The molecule has 2 unspecified atom stereocenters. The molecule has 18 heavy (non-hydrogen) atoms. The van der Waals surface area contributed by atoms with E-state index in [1.165, 1.54) is 6.42 Å². The number of carboxylic acid groups (broad SMARTS) is 1. The lowest BCUT2D eigenvalue weighted by atomic mass is 9.82. The van der Waals surface area contributed by atoms with Gasteiger partial charge in [-0.15, -0.1) is 0 Å². The first-order chi connectivity index (χ1) is 8.54. The Kier molecular flexibility index (Phi) is 3.90. The first-order valence-corrected chi connectivity index (χ1v) is 6.54. The molecule has 0 saturated heterocycles. The minimum atomic E-state index is -0.911. The van der Waals surface area contributed by atoms with Gasteiger partial charge in [-0.2, -0.15) is 0 Å². The largest absolute Gasteiger partial charge is 0.490 e. The van der Waals surface area contributed by atoms with E-state index in [1.807, 2.05) is 6.07 Å². The van der Waals surface area contributed by atoms with Crippen LogP contribution < -0.4 is 4.74 Å². The van der Waals surface area contributed by atoms with Crippen molar-refractivity contribution in [1.82, 2.24) is 0 Å². The van der Waals surface area contributed by atoms with Crippen molar-refractivity contribution in [3.05, 3.63) is 29.8 Å². The zero-order valence-electron chi connectivity index (χ0n) is 10.9. The summed E-state index contributed by atoms with van der Waals surface area (Å²) in [7, 11) is 0. The molecule has 1 N–H and O–H groups in total. The summed E-state index contributed by atoms with van der Waals surface area (Å²) < 4.78 is 5.92. The average molecular weight is 248 g/mol. The van der Waals surface area contributed by atoms with Crippen LogP contribution in [0, 0.1) is 11.8 Å². The molecule has 0 bridgehead atoms. The van der Waals surface area contributed by atoms with Crippen molar-refractivity contribution in [2.75, 3.05) is 0 Å². The summed E-state index contributed by atoms with van der Waals surface area (Å²) >= 11 is 0. The zero-order chi connectivity index (χ0) is 13.1. The maximum atomic E-state index is 10.9. The Morgan fingerprint density at radius 3 is 2.50 bits per heavy atom. The molecular weight excluding hydrogens is 228 g/mol. The predicted molar refractivity (Wildman–Crippen MR) is 70.0 cm³/mol. The SMILES string of the molecule is CC1CC(C)CC(Oc2cccc(C(=O)O)c2)C1. The quantitative estimate of drug-likeness (QED) is 0.889. The lowest BCUT2D eigenvalue weighted by Gasteiger charge is -2.31. The van der Waals surface area contributed by atoms with E-state index in [9.17, 15) is 4.79 Å². The minimum absolute atomic E-state index is 0.216. The highest BCUT2D eigenvalue weighted by atomic mass is 16.5. The molecule has 0 spiro atoms. The lowest BCUT2D eigenvalue weighted by Crippen LogP contribution is -2.28. The lowest BCUT2D eigenvalue weighted by molar-refractivity contribution is 0.0694. The Hall–Kier alpha value is -1.51. The molecule has 0 aliphatic heterocycles. The molecule has 0 aromatic heterocycles. The third-order valence-corrected chi connectivity index (χ3v) is 3.52. The molecular formula is C15H20O3. The van der Waals surface area contributed by atoms with Crippen molar-refractivity contribution in [2.45, 2.75) is 39.2 Å². The van der Waals surface area contributed by atoms with Crippen molar-refractivity contribution < 1.29 is 14.6 Å². The van der Waals surface area contributed by atoms with E-state index in [4.69, 9.17) is 9.84 Å². The molecule has 3 heteroatoms. The fourth-order valence-electron chi connectivity index (χ4n) is 2.86. The van der Waals surface area contributed by atoms with Gasteiger partial charge in [-0.25, -0.2) is 4.79 Å². The van der Waals surface area contributed by atoms with Gasteiger partial charge in [-0.1, -0.05) is 19.9 Å². The van der Waals surface area contributed by atoms with Crippen LogP contribution in [0.2, 0.25) is 0 Å². The van der Waals surface area contributed by atoms with Crippen LogP contribution in [0.4, 0.5) is 0 Å². The molecule has 2 atom stereocenters. The molecule has 1 aliphatic carbocycles. The minimum Gasteiger partial charge on any atom is -0.490 e. The molecule has 0 amide bonds. The van der Waals surface area contributed by atoms with Crippen LogP contribution in [0.1, 0.15) is 43.5 Å². The van der Waals surface area contributed by atoms with Crippen molar-refractivity contribution in [2.24, 2.45) is 11.8 Å². The summed E-state index contributed by atoms with van der Waals surface area (Å²) in [5.74, 6) is 1.12. The van der Waals surface area contributed by atoms with Gasteiger partial charge >= 0.3 is 5.97 Å². The van der Waals surface area contributed by atoms with Gasteiger partial charge in [-0.3, -0.25) is 0 Å². The van der Waals surface area contributed by atoms with E-state index in [-0.39, 0.29) is 11.7 Å². The van der Waals surface area contributed by atoms with E-state index in [0.717, 1.165) is 12.8 Å². The van der Waals surface area contributed by atoms with Gasteiger partial charge in [0.1, 0.15) is 5.75 Å². The van der Waals surface area contributed by atoms with Crippen molar-refractivity contribution >= 4 is 5.97 Å². The van der Waals surface area contributed by atoms with Crippen molar-refractivity contribution in [1.29, 1.82) is 0 Å². The van der Waals surface area contributed by atoms with E-state index < -0.39 is 5.97 Å². The molecule has 1 saturated carbocycles. The van der Waals surface area contributed by atoms with Gasteiger partial charge in [0.25, 0.3) is 0 Å². The van der Waals surface area contributed by atoms with Crippen LogP contribution in [0.3, 0.4) is 0 Å². The fourth-order valence-corrected chi connectivity index (χ4v) is 2.86. The van der Waals surface area contributed by atoms with Gasteiger partial charge < -0.3 is 9.84 Å². The average Bonchev–Trinajstić information content (AvgIpc) is 2.27. The standard InChI is InChI=1S/C15H20O3/c1-10-6-11(2)8-14(7-10)18-13-5-3-4-12(9-13)15(16)17/h3-5,9-11,14H,6-8H2,1-2H3,(H,16,17). The number of hydrogen-bond acceptors (Lipinski definition) is 2. The second-order valence-electron chi connectivity index (χ2n) is 5.49. The highest BCUT2D eigenvalue weighted by molar-refractivity contribution is 5.87.